The van der Waals surface area contributed by atoms with Crippen LogP contribution in [0.5, 0.6) is 0 Å². The molecule has 2 N–H and O–H groups in total. The molecule has 0 aliphatic carbocycles. The number of thiophene rings is 1. The summed E-state index contributed by atoms with van der Waals surface area (Å²) in [5, 5.41) is 6.70. The van der Waals surface area contributed by atoms with E-state index in [9.17, 15) is 0 Å². The highest BCUT2D eigenvalue weighted by Gasteiger charge is 2.07. The third kappa shape index (κ3) is 8.07. The number of aryl methyl sites for hydroxylation is 1. The van der Waals surface area contributed by atoms with Crippen LogP contribution in [0.2, 0.25) is 0 Å². The van der Waals surface area contributed by atoms with Crippen molar-refractivity contribution >= 4 is 17.3 Å². The second kappa shape index (κ2) is 10.6. The number of rotatable bonds is 9. The van der Waals surface area contributed by atoms with Crippen molar-refractivity contribution in [1.29, 1.82) is 0 Å². The summed E-state index contributed by atoms with van der Waals surface area (Å²) < 4.78 is 5.53. The predicted molar refractivity (Wildman–Crippen MR) is 92.4 cm³/mol. The highest BCUT2D eigenvalue weighted by atomic mass is 32.1. The van der Waals surface area contributed by atoms with Crippen LogP contribution in [0, 0.1) is 6.92 Å². The third-order valence-electron chi connectivity index (χ3n) is 3.09. The molecule has 1 heterocycles. The summed E-state index contributed by atoms with van der Waals surface area (Å²) >= 11 is 1.86. The number of hydrogen-bond donors (Lipinski definition) is 2. The van der Waals surface area contributed by atoms with Gasteiger partial charge in [0.15, 0.2) is 5.96 Å². The Bertz CT molecular complexity index is 417. The maximum atomic E-state index is 5.53. The van der Waals surface area contributed by atoms with Gasteiger partial charge >= 0.3 is 0 Å². The maximum absolute atomic E-state index is 5.53. The van der Waals surface area contributed by atoms with Crippen molar-refractivity contribution in [2.24, 2.45) is 4.99 Å². The van der Waals surface area contributed by atoms with Crippen molar-refractivity contribution in [3.63, 3.8) is 0 Å². The predicted octanol–water partition coefficient (Wildman–Crippen LogP) is 2.97. The normalized spacial score (nSPS) is 13.2. The van der Waals surface area contributed by atoms with Gasteiger partial charge in [-0.3, -0.25) is 4.99 Å². The van der Waals surface area contributed by atoms with Gasteiger partial charge in [-0.1, -0.05) is 13.3 Å². The zero-order valence-electron chi connectivity index (χ0n) is 13.7. The first kappa shape index (κ1) is 18.0. The molecule has 5 heteroatoms. The molecule has 0 aliphatic heterocycles. The number of nitrogens with one attached hydrogen (secondary N) is 2. The standard InChI is InChI=1S/C16H29N3OS/c1-5-6-10-20-11-9-18-16(17-4)19-13(2)12-15-8-7-14(3)21-15/h7-8,13H,5-6,9-12H2,1-4H3,(H2,17,18,19). The monoisotopic (exact) mass is 311 g/mol. The zero-order chi connectivity index (χ0) is 15.5. The van der Waals surface area contributed by atoms with E-state index in [1.807, 2.05) is 11.3 Å². The minimum atomic E-state index is 0.357. The fourth-order valence-corrected chi connectivity index (χ4v) is 2.98. The Hall–Kier alpha value is -1.07. The second-order valence-corrected chi connectivity index (χ2v) is 6.60. The lowest BCUT2D eigenvalue weighted by molar-refractivity contribution is 0.136. The number of ether oxygens (including phenoxy) is 1. The van der Waals surface area contributed by atoms with Crippen LogP contribution in [0.1, 0.15) is 36.4 Å². The summed E-state index contributed by atoms with van der Waals surface area (Å²) in [4.78, 5) is 7.02. The van der Waals surface area contributed by atoms with E-state index in [1.54, 1.807) is 7.05 Å². The number of guanidine groups is 1. The molecule has 0 bridgehead atoms. The number of nitrogens with zero attached hydrogens (tertiary/aromatic N) is 1. The van der Waals surface area contributed by atoms with Gasteiger partial charge in [0.25, 0.3) is 0 Å². The van der Waals surface area contributed by atoms with Crippen LogP contribution in [0.3, 0.4) is 0 Å². The van der Waals surface area contributed by atoms with Gasteiger partial charge in [0, 0.05) is 42.4 Å². The maximum Gasteiger partial charge on any atom is 0.191 e. The van der Waals surface area contributed by atoms with Gasteiger partial charge in [-0.25, -0.2) is 0 Å². The molecule has 120 valence electrons. The first-order chi connectivity index (χ1) is 10.2. The van der Waals surface area contributed by atoms with E-state index in [4.69, 9.17) is 4.74 Å². The lowest BCUT2D eigenvalue weighted by Gasteiger charge is -2.17. The van der Waals surface area contributed by atoms with Gasteiger partial charge < -0.3 is 15.4 Å². The number of hydrogen-bond acceptors (Lipinski definition) is 3. The van der Waals surface area contributed by atoms with Crippen molar-refractivity contribution in [2.45, 2.75) is 46.1 Å². The van der Waals surface area contributed by atoms with Crippen LogP contribution in [0.15, 0.2) is 17.1 Å². The minimum absolute atomic E-state index is 0.357. The van der Waals surface area contributed by atoms with Crippen LogP contribution in [-0.2, 0) is 11.2 Å². The Morgan fingerprint density at radius 1 is 1.38 bits per heavy atom. The van der Waals surface area contributed by atoms with E-state index in [0.717, 1.165) is 38.6 Å². The van der Waals surface area contributed by atoms with Crippen LogP contribution < -0.4 is 10.6 Å². The molecule has 1 atom stereocenters. The lowest BCUT2D eigenvalue weighted by Crippen LogP contribution is -2.44. The van der Waals surface area contributed by atoms with Crippen molar-refractivity contribution in [1.82, 2.24) is 10.6 Å². The Morgan fingerprint density at radius 2 is 2.19 bits per heavy atom. The SMILES string of the molecule is CCCCOCCNC(=NC)NC(C)Cc1ccc(C)s1. The molecule has 0 fully saturated rings. The lowest BCUT2D eigenvalue weighted by atomic mass is 10.2. The molecule has 1 rings (SSSR count). The molecule has 1 aromatic rings. The molecule has 1 unspecified atom stereocenters. The van der Waals surface area contributed by atoms with Gasteiger partial charge in [-0.05, 0) is 32.4 Å². The Balaban J connectivity index is 2.20. The first-order valence-electron chi connectivity index (χ1n) is 7.76. The van der Waals surface area contributed by atoms with Crippen molar-refractivity contribution in [3.05, 3.63) is 21.9 Å². The Morgan fingerprint density at radius 3 is 2.81 bits per heavy atom. The minimum Gasteiger partial charge on any atom is -0.380 e. The zero-order valence-corrected chi connectivity index (χ0v) is 14.6. The van der Waals surface area contributed by atoms with E-state index in [-0.39, 0.29) is 0 Å². The highest BCUT2D eigenvalue weighted by molar-refractivity contribution is 7.11. The first-order valence-corrected chi connectivity index (χ1v) is 8.57. The fourth-order valence-electron chi connectivity index (χ4n) is 1.97. The van der Waals surface area contributed by atoms with Crippen molar-refractivity contribution in [2.75, 3.05) is 26.8 Å². The van der Waals surface area contributed by atoms with Crippen LogP contribution >= 0.6 is 11.3 Å². The summed E-state index contributed by atoms with van der Waals surface area (Å²) in [6.07, 6.45) is 3.33. The van der Waals surface area contributed by atoms with E-state index in [1.165, 1.54) is 16.2 Å². The number of aliphatic imine (C=N–C) groups is 1. The topological polar surface area (TPSA) is 45.6 Å². The molecule has 0 aliphatic rings. The van der Waals surface area contributed by atoms with Crippen LogP contribution in [-0.4, -0.2) is 38.8 Å². The second-order valence-electron chi connectivity index (χ2n) is 5.23. The smallest absolute Gasteiger partial charge is 0.191 e. The van der Waals surface area contributed by atoms with Gasteiger partial charge in [0.2, 0.25) is 0 Å². The average molecular weight is 311 g/mol. The van der Waals surface area contributed by atoms with Crippen LogP contribution in [0.25, 0.3) is 0 Å². The molecule has 0 spiro atoms. The molecule has 0 saturated carbocycles. The van der Waals surface area contributed by atoms with E-state index in [2.05, 4.69) is 48.5 Å². The molecule has 4 nitrogen and oxygen atoms in total. The summed E-state index contributed by atoms with van der Waals surface area (Å²) in [5.41, 5.74) is 0. The van der Waals surface area contributed by atoms with Crippen LogP contribution in [0.4, 0.5) is 0 Å². The molecule has 21 heavy (non-hydrogen) atoms. The fraction of sp³-hybridized carbons (Fsp3) is 0.688. The molecule has 0 radical (unpaired) electrons. The summed E-state index contributed by atoms with van der Waals surface area (Å²) in [6, 6.07) is 4.74. The molecular formula is C16H29N3OS. The third-order valence-corrected chi connectivity index (χ3v) is 4.11. The summed E-state index contributed by atoms with van der Waals surface area (Å²) in [7, 11) is 1.80. The Kier molecular flexibility index (Phi) is 9.10. The van der Waals surface area contributed by atoms with E-state index < -0.39 is 0 Å². The average Bonchev–Trinajstić information content (AvgIpc) is 2.86. The Labute approximate surface area is 133 Å². The van der Waals surface area contributed by atoms with Crippen molar-refractivity contribution in [3.8, 4) is 0 Å². The molecular weight excluding hydrogens is 282 g/mol. The highest BCUT2D eigenvalue weighted by Crippen LogP contribution is 2.16. The summed E-state index contributed by atoms with van der Waals surface area (Å²) in [6.45, 7) is 8.85. The van der Waals surface area contributed by atoms with Gasteiger partial charge in [0.1, 0.15) is 0 Å². The van der Waals surface area contributed by atoms with Gasteiger partial charge in [0.05, 0.1) is 6.61 Å². The molecule has 1 aromatic heterocycles. The molecule has 0 aromatic carbocycles. The quantitative estimate of drug-likeness (QED) is 0.419. The van der Waals surface area contributed by atoms with Gasteiger partial charge in [-0.2, -0.15) is 0 Å². The van der Waals surface area contributed by atoms with Crippen molar-refractivity contribution < 1.29 is 4.74 Å². The number of unbranched alkanes of at least 4 members (excludes halogenated alkanes) is 1. The van der Waals surface area contributed by atoms with E-state index in [0.29, 0.717) is 6.04 Å². The molecule has 0 saturated heterocycles. The molecule has 0 amide bonds. The van der Waals surface area contributed by atoms with Gasteiger partial charge in [-0.15, -0.1) is 11.3 Å². The van der Waals surface area contributed by atoms with E-state index >= 15 is 0 Å². The largest absolute Gasteiger partial charge is 0.380 e. The summed E-state index contributed by atoms with van der Waals surface area (Å²) in [5.74, 6) is 0.842.